The van der Waals surface area contributed by atoms with Gasteiger partial charge in [0.2, 0.25) is 0 Å². The lowest BCUT2D eigenvalue weighted by atomic mass is 10.0. The lowest BCUT2D eigenvalue weighted by molar-refractivity contribution is 0.0996. The van der Waals surface area contributed by atoms with E-state index in [0.29, 0.717) is 23.4 Å². The van der Waals surface area contributed by atoms with Crippen molar-refractivity contribution in [1.29, 1.82) is 0 Å². The fraction of sp³-hybridized carbons (Fsp3) is 0.500. The van der Waals surface area contributed by atoms with Crippen LogP contribution in [0.15, 0.2) is 18.2 Å². The molecule has 1 heterocycles. The molecule has 1 atom stereocenters. The minimum absolute atomic E-state index is 0.265. The molecule has 19 heavy (non-hydrogen) atoms. The van der Waals surface area contributed by atoms with Crippen molar-refractivity contribution in [2.75, 3.05) is 13.2 Å². The van der Waals surface area contributed by atoms with Crippen molar-refractivity contribution in [3.8, 4) is 5.75 Å². The van der Waals surface area contributed by atoms with Crippen LogP contribution in [0.1, 0.15) is 36.0 Å². The monoisotopic (exact) mass is 282 g/mol. The number of carbonyl (C=O) groups excluding carboxylic acids is 1. The number of piperidine rings is 1. The van der Waals surface area contributed by atoms with E-state index in [-0.39, 0.29) is 5.56 Å². The first-order valence-electron chi connectivity index (χ1n) is 6.63. The van der Waals surface area contributed by atoms with Crippen LogP contribution < -0.4 is 15.8 Å². The van der Waals surface area contributed by atoms with Crippen LogP contribution in [-0.2, 0) is 0 Å². The van der Waals surface area contributed by atoms with E-state index in [2.05, 4.69) is 5.32 Å². The summed E-state index contributed by atoms with van der Waals surface area (Å²) in [5.41, 5.74) is 5.58. The average Bonchev–Trinajstić information content (AvgIpc) is 2.39. The lowest BCUT2D eigenvalue weighted by Gasteiger charge is -2.23. The molecule has 2 rings (SSSR count). The largest absolute Gasteiger partial charge is 0.493 e. The summed E-state index contributed by atoms with van der Waals surface area (Å²) in [5.74, 6) is -0.0906. The fourth-order valence-corrected chi connectivity index (χ4v) is 2.60. The van der Waals surface area contributed by atoms with Gasteiger partial charge in [-0.05, 0) is 37.9 Å². The summed E-state index contributed by atoms with van der Waals surface area (Å²) in [5, 5.41) is 3.79. The van der Waals surface area contributed by atoms with Gasteiger partial charge < -0.3 is 15.8 Å². The predicted molar refractivity (Wildman–Crippen MR) is 75.7 cm³/mol. The molecule has 1 saturated heterocycles. The summed E-state index contributed by atoms with van der Waals surface area (Å²) in [6, 6.07) is 5.62. The molecule has 4 nitrogen and oxygen atoms in total. The van der Waals surface area contributed by atoms with E-state index in [4.69, 9.17) is 22.1 Å². The van der Waals surface area contributed by atoms with Crippen molar-refractivity contribution in [3.63, 3.8) is 0 Å². The Morgan fingerprint density at radius 2 is 2.32 bits per heavy atom. The maximum Gasteiger partial charge on any atom is 0.253 e. The van der Waals surface area contributed by atoms with Gasteiger partial charge in [-0.15, -0.1) is 0 Å². The molecular weight excluding hydrogens is 264 g/mol. The van der Waals surface area contributed by atoms with Crippen LogP contribution in [0.4, 0.5) is 0 Å². The van der Waals surface area contributed by atoms with Gasteiger partial charge in [0.25, 0.3) is 5.91 Å². The zero-order valence-electron chi connectivity index (χ0n) is 10.8. The van der Waals surface area contributed by atoms with Crippen molar-refractivity contribution in [2.24, 2.45) is 5.73 Å². The van der Waals surface area contributed by atoms with Crippen molar-refractivity contribution in [3.05, 3.63) is 28.8 Å². The Bertz CT molecular complexity index is 445. The molecule has 104 valence electrons. The van der Waals surface area contributed by atoms with Crippen LogP contribution in [0.3, 0.4) is 0 Å². The highest BCUT2D eigenvalue weighted by Crippen LogP contribution is 2.26. The Balaban J connectivity index is 1.92. The number of amides is 1. The third-order valence-corrected chi connectivity index (χ3v) is 3.67. The highest BCUT2D eigenvalue weighted by Gasteiger charge is 2.15. The second-order valence-corrected chi connectivity index (χ2v) is 5.17. The Labute approximate surface area is 118 Å². The molecule has 1 aromatic carbocycles. The highest BCUT2D eigenvalue weighted by atomic mass is 35.5. The van der Waals surface area contributed by atoms with Crippen LogP contribution in [-0.4, -0.2) is 25.1 Å². The minimum atomic E-state index is -0.559. The summed E-state index contributed by atoms with van der Waals surface area (Å²) >= 11 is 5.96. The quantitative estimate of drug-likeness (QED) is 0.871. The maximum atomic E-state index is 11.4. The van der Waals surface area contributed by atoms with E-state index in [1.807, 2.05) is 0 Å². The normalized spacial score (nSPS) is 19.1. The second kappa shape index (κ2) is 6.78. The number of carbonyl (C=O) groups is 1. The molecule has 1 amide bonds. The average molecular weight is 283 g/mol. The number of hydrogen-bond donors (Lipinski definition) is 2. The first-order chi connectivity index (χ1) is 9.18. The van der Waals surface area contributed by atoms with Gasteiger partial charge in [0.1, 0.15) is 5.75 Å². The van der Waals surface area contributed by atoms with Crippen LogP contribution >= 0.6 is 11.6 Å². The van der Waals surface area contributed by atoms with E-state index in [0.717, 1.165) is 13.0 Å². The molecule has 0 bridgehead atoms. The van der Waals surface area contributed by atoms with Crippen molar-refractivity contribution in [1.82, 2.24) is 5.32 Å². The first-order valence-corrected chi connectivity index (χ1v) is 7.01. The number of ether oxygens (including phenoxy) is 1. The number of nitrogens with two attached hydrogens (primary N) is 1. The zero-order valence-corrected chi connectivity index (χ0v) is 11.6. The molecule has 1 unspecified atom stereocenters. The van der Waals surface area contributed by atoms with Gasteiger partial charge in [0, 0.05) is 6.04 Å². The van der Waals surface area contributed by atoms with Crippen molar-refractivity contribution in [2.45, 2.75) is 31.7 Å². The Morgan fingerprint density at radius 1 is 1.47 bits per heavy atom. The van der Waals surface area contributed by atoms with Crippen LogP contribution in [0, 0.1) is 0 Å². The van der Waals surface area contributed by atoms with Gasteiger partial charge in [-0.3, -0.25) is 4.79 Å². The van der Waals surface area contributed by atoms with E-state index in [1.54, 1.807) is 18.2 Å². The molecule has 1 aromatic rings. The number of halogens is 1. The van der Waals surface area contributed by atoms with Gasteiger partial charge >= 0.3 is 0 Å². The predicted octanol–water partition coefficient (Wildman–Crippen LogP) is 2.35. The van der Waals surface area contributed by atoms with Gasteiger partial charge in [-0.25, -0.2) is 0 Å². The summed E-state index contributed by atoms with van der Waals surface area (Å²) in [4.78, 5) is 11.4. The highest BCUT2D eigenvalue weighted by molar-refractivity contribution is 6.34. The first kappa shape index (κ1) is 14.2. The molecule has 0 aromatic heterocycles. The van der Waals surface area contributed by atoms with Gasteiger partial charge in [0.15, 0.2) is 0 Å². The van der Waals surface area contributed by atoms with Gasteiger partial charge in [-0.2, -0.15) is 0 Å². The number of rotatable bonds is 5. The van der Waals surface area contributed by atoms with E-state index >= 15 is 0 Å². The summed E-state index contributed by atoms with van der Waals surface area (Å²) in [6.07, 6.45) is 4.62. The Hall–Kier alpha value is -1.26. The Kier molecular flexibility index (Phi) is 5.05. The van der Waals surface area contributed by atoms with Gasteiger partial charge in [0.05, 0.1) is 17.2 Å². The van der Waals surface area contributed by atoms with Crippen LogP contribution in [0.5, 0.6) is 5.75 Å². The molecular formula is C14H19ClN2O2. The van der Waals surface area contributed by atoms with Crippen molar-refractivity contribution < 1.29 is 9.53 Å². The second-order valence-electron chi connectivity index (χ2n) is 4.76. The van der Waals surface area contributed by atoms with Crippen molar-refractivity contribution >= 4 is 17.5 Å². The maximum absolute atomic E-state index is 11.4. The van der Waals surface area contributed by atoms with E-state index in [9.17, 15) is 4.79 Å². The zero-order chi connectivity index (χ0) is 13.7. The molecule has 1 fully saturated rings. The molecule has 5 heteroatoms. The topological polar surface area (TPSA) is 64.4 Å². The number of benzene rings is 1. The third kappa shape index (κ3) is 3.85. The lowest BCUT2D eigenvalue weighted by Crippen LogP contribution is -2.35. The summed E-state index contributed by atoms with van der Waals surface area (Å²) in [6.45, 7) is 1.63. The molecule has 0 radical (unpaired) electrons. The molecule has 1 aliphatic rings. The van der Waals surface area contributed by atoms with Crippen LogP contribution in [0.25, 0.3) is 0 Å². The standard InChI is InChI=1S/C14H19ClN2O2/c15-11-5-3-6-12(13(11)14(16)18)19-9-7-10-4-1-2-8-17-10/h3,5-6,10,17H,1-2,4,7-9H2,(H2,16,18). The number of primary amides is 1. The SMILES string of the molecule is NC(=O)c1c(Cl)cccc1OCCC1CCCCN1. The van der Waals surface area contributed by atoms with E-state index in [1.165, 1.54) is 19.3 Å². The molecule has 3 N–H and O–H groups in total. The molecule has 0 aliphatic carbocycles. The summed E-state index contributed by atoms with van der Waals surface area (Å²) in [7, 11) is 0. The molecule has 0 saturated carbocycles. The fourth-order valence-electron chi connectivity index (χ4n) is 2.35. The van der Waals surface area contributed by atoms with Gasteiger partial charge in [-0.1, -0.05) is 24.1 Å². The minimum Gasteiger partial charge on any atom is -0.493 e. The Morgan fingerprint density at radius 3 is 3.00 bits per heavy atom. The molecule has 1 aliphatic heterocycles. The summed E-state index contributed by atoms with van der Waals surface area (Å²) < 4.78 is 5.66. The third-order valence-electron chi connectivity index (χ3n) is 3.36. The molecule has 0 spiro atoms. The van der Waals surface area contributed by atoms with E-state index < -0.39 is 5.91 Å². The smallest absolute Gasteiger partial charge is 0.253 e. The van der Waals surface area contributed by atoms with Crippen LogP contribution in [0.2, 0.25) is 5.02 Å². The number of nitrogens with one attached hydrogen (secondary N) is 1. The number of hydrogen-bond acceptors (Lipinski definition) is 3.